The Labute approximate surface area is 149 Å². The lowest BCUT2D eigenvalue weighted by atomic mass is 9.97. The van der Waals surface area contributed by atoms with Crippen molar-refractivity contribution in [2.75, 3.05) is 0 Å². The summed E-state index contributed by atoms with van der Waals surface area (Å²) in [6.07, 6.45) is 1.75. The van der Waals surface area contributed by atoms with Gasteiger partial charge < -0.3 is 10.2 Å². The van der Waals surface area contributed by atoms with Crippen molar-refractivity contribution in [2.24, 2.45) is 4.99 Å². The van der Waals surface area contributed by atoms with Gasteiger partial charge in [0.1, 0.15) is 11.3 Å². The number of rotatable bonds is 3. The SMILES string of the molecule is O=C(O)c1cc(N=Cc2c3ccccc3cc3ccccc23)ccc1O. The van der Waals surface area contributed by atoms with Crippen molar-refractivity contribution in [1.29, 1.82) is 0 Å². The summed E-state index contributed by atoms with van der Waals surface area (Å²) in [6, 6.07) is 22.6. The van der Waals surface area contributed by atoms with Gasteiger partial charge in [0.05, 0.1) is 5.69 Å². The molecule has 0 aliphatic heterocycles. The molecular weight excluding hydrogens is 326 g/mol. The second-order valence-corrected chi connectivity index (χ2v) is 6.00. The van der Waals surface area contributed by atoms with Gasteiger partial charge in [-0.3, -0.25) is 4.99 Å². The summed E-state index contributed by atoms with van der Waals surface area (Å²) in [4.78, 5) is 15.6. The molecule has 2 N–H and O–H groups in total. The smallest absolute Gasteiger partial charge is 0.339 e. The number of hydrogen-bond donors (Lipinski definition) is 2. The number of fused-ring (bicyclic) bond motifs is 2. The van der Waals surface area contributed by atoms with Crippen molar-refractivity contribution in [3.05, 3.63) is 83.9 Å². The van der Waals surface area contributed by atoms with E-state index in [-0.39, 0.29) is 11.3 Å². The fraction of sp³-hybridized carbons (Fsp3) is 0. The zero-order valence-electron chi connectivity index (χ0n) is 13.8. The summed E-state index contributed by atoms with van der Waals surface area (Å²) in [5.74, 6) is -1.46. The first-order valence-corrected chi connectivity index (χ1v) is 8.14. The van der Waals surface area contributed by atoms with E-state index in [1.165, 1.54) is 12.1 Å². The van der Waals surface area contributed by atoms with E-state index in [0.717, 1.165) is 27.1 Å². The van der Waals surface area contributed by atoms with E-state index in [1.807, 2.05) is 36.4 Å². The van der Waals surface area contributed by atoms with E-state index in [0.29, 0.717) is 5.69 Å². The molecule has 4 aromatic rings. The highest BCUT2D eigenvalue weighted by Crippen LogP contribution is 2.28. The van der Waals surface area contributed by atoms with Crippen LogP contribution >= 0.6 is 0 Å². The Kier molecular flexibility index (Phi) is 3.86. The first-order valence-electron chi connectivity index (χ1n) is 8.14. The molecule has 126 valence electrons. The van der Waals surface area contributed by atoms with Gasteiger partial charge in [0.15, 0.2) is 0 Å². The molecule has 4 rings (SSSR count). The maximum absolute atomic E-state index is 11.2. The van der Waals surface area contributed by atoms with E-state index in [4.69, 9.17) is 5.11 Å². The number of aliphatic imine (C=N–C) groups is 1. The molecule has 4 nitrogen and oxygen atoms in total. The van der Waals surface area contributed by atoms with Crippen LogP contribution in [0.1, 0.15) is 15.9 Å². The molecule has 0 aliphatic carbocycles. The van der Waals surface area contributed by atoms with Gasteiger partial charge in [0, 0.05) is 11.8 Å². The van der Waals surface area contributed by atoms with Crippen molar-refractivity contribution in [3.8, 4) is 5.75 Å². The topological polar surface area (TPSA) is 69.9 Å². The molecule has 0 atom stereocenters. The van der Waals surface area contributed by atoms with E-state index in [9.17, 15) is 9.90 Å². The van der Waals surface area contributed by atoms with E-state index >= 15 is 0 Å². The van der Waals surface area contributed by atoms with Crippen LogP contribution in [0.5, 0.6) is 5.75 Å². The molecule has 0 fully saturated rings. The van der Waals surface area contributed by atoms with Gasteiger partial charge in [-0.05, 0) is 45.8 Å². The number of aromatic hydroxyl groups is 1. The van der Waals surface area contributed by atoms with Crippen LogP contribution in [0.2, 0.25) is 0 Å². The molecule has 0 amide bonds. The highest BCUT2D eigenvalue weighted by molar-refractivity contribution is 6.13. The Hall–Kier alpha value is -3.66. The Bertz CT molecular complexity index is 1120. The van der Waals surface area contributed by atoms with Crippen LogP contribution in [0.25, 0.3) is 21.5 Å². The number of carboxylic acids is 1. The largest absolute Gasteiger partial charge is 0.507 e. The molecule has 0 heterocycles. The summed E-state index contributed by atoms with van der Waals surface area (Å²) < 4.78 is 0. The molecular formula is C22H15NO3. The van der Waals surface area contributed by atoms with Gasteiger partial charge in [0.25, 0.3) is 0 Å². The Morgan fingerprint density at radius 1 is 0.846 bits per heavy atom. The van der Waals surface area contributed by atoms with Crippen molar-refractivity contribution in [1.82, 2.24) is 0 Å². The van der Waals surface area contributed by atoms with Crippen molar-refractivity contribution < 1.29 is 15.0 Å². The van der Waals surface area contributed by atoms with Gasteiger partial charge in [-0.25, -0.2) is 4.79 Å². The molecule has 0 saturated carbocycles. The van der Waals surface area contributed by atoms with E-state index in [1.54, 1.807) is 12.3 Å². The lowest BCUT2D eigenvalue weighted by Crippen LogP contribution is -1.96. The lowest BCUT2D eigenvalue weighted by Gasteiger charge is -2.08. The second kappa shape index (κ2) is 6.33. The molecule has 0 aromatic heterocycles. The third-order valence-corrected chi connectivity index (χ3v) is 4.37. The highest BCUT2D eigenvalue weighted by atomic mass is 16.4. The van der Waals surface area contributed by atoms with Crippen LogP contribution < -0.4 is 0 Å². The zero-order chi connectivity index (χ0) is 18.1. The number of nitrogens with zero attached hydrogens (tertiary/aromatic N) is 1. The summed E-state index contributed by atoms with van der Waals surface area (Å²) in [6.45, 7) is 0. The summed E-state index contributed by atoms with van der Waals surface area (Å²) in [5.41, 5.74) is 1.28. The van der Waals surface area contributed by atoms with Crippen molar-refractivity contribution in [3.63, 3.8) is 0 Å². The molecule has 0 unspecified atom stereocenters. The minimum Gasteiger partial charge on any atom is -0.507 e. The number of carbonyl (C=O) groups is 1. The maximum atomic E-state index is 11.2. The quantitative estimate of drug-likeness (QED) is 0.400. The molecule has 0 radical (unpaired) electrons. The Morgan fingerprint density at radius 3 is 2.08 bits per heavy atom. The Morgan fingerprint density at radius 2 is 1.46 bits per heavy atom. The summed E-state index contributed by atoms with van der Waals surface area (Å²) >= 11 is 0. The third-order valence-electron chi connectivity index (χ3n) is 4.37. The number of benzene rings is 4. The zero-order valence-corrected chi connectivity index (χ0v) is 13.8. The molecule has 26 heavy (non-hydrogen) atoms. The first-order chi connectivity index (χ1) is 12.6. The van der Waals surface area contributed by atoms with Crippen LogP contribution in [0, 0.1) is 0 Å². The maximum Gasteiger partial charge on any atom is 0.339 e. The second-order valence-electron chi connectivity index (χ2n) is 6.00. The standard InChI is InChI=1S/C22H15NO3/c24-21-10-9-16(12-19(21)22(25)26)23-13-20-17-7-3-1-5-14(17)11-15-6-2-4-8-18(15)20/h1-13,24H,(H,25,26). The van der Waals surface area contributed by atoms with Gasteiger partial charge in [-0.15, -0.1) is 0 Å². The molecule has 0 aliphatic rings. The van der Waals surface area contributed by atoms with Crippen LogP contribution in [0.3, 0.4) is 0 Å². The van der Waals surface area contributed by atoms with Gasteiger partial charge in [0.2, 0.25) is 0 Å². The molecule has 4 aromatic carbocycles. The van der Waals surface area contributed by atoms with Crippen LogP contribution in [-0.4, -0.2) is 22.4 Å². The number of carboxylic acid groups (broad SMARTS) is 1. The number of aromatic carboxylic acids is 1. The molecule has 0 saturated heterocycles. The summed E-state index contributed by atoms with van der Waals surface area (Å²) in [5, 5.41) is 23.2. The highest BCUT2D eigenvalue weighted by Gasteiger charge is 2.10. The van der Waals surface area contributed by atoms with Crippen LogP contribution in [-0.2, 0) is 0 Å². The predicted molar refractivity (Wildman–Crippen MR) is 104 cm³/mol. The minimum absolute atomic E-state index is 0.164. The molecule has 0 bridgehead atoms. The van der Waals surface area contributed by atoms with E-state index in [2.05, 4.69) is 23.2 Å². The summed E-state index contributed by atoms with van der Waals surface area (Å²) in [7, 11) is 0. The van der Waals surface area contributed by atoms with Crippen LogP contribution in [0.4, 0.5) is 5.69 Å². The average Bonchev–Trinajstić information content (AvgIpc) is 2.66. The monoisotopic (exact) mass is 341 g/mol. The molecule has 0 spiro atoms. The van der Waals surface area contributed by atoms with Gasteiger partial charge >= 0.3 is 5.97 Å². The van der Waals surface area contributed by atoms with Crippen molar-refractivity contribution in [2.45, 2.75) is 0 Å². The van der Waals surface area contributed by atoms with Crippen molar-refractivity contribution >= 4 is 39.4 Å². The van der Waals surface area contributed by atoms with Crippen LogP contribution in [0.15, 0.2) is 77.8 Å². The van der Waals surface area contributed by atoms with Gasteiger partial charge in [-0.1, -0.05) is 48.5 Å². The van der Waals surface area contributed by atoms with Gasteiger partial charge in [-0.2, -0.15) is 0 Å². The fourth-order valence-electron chi connectivity index (χ4n) is 3.10. The first kappa shape index (κ1) is 15.8. The Balaban J connectivity index is 1.90. The fourth-order valence-corrected chi connectivity index (χ4v) is 3.10. The number of hydrogen-bond acceptors (Lipinski definition) is 3. The lowest BCUT2D eigenvalue weighted by molar-refractivity contribution is 0.0694. The third kappa shape index (κ3) is 2.78. The van der Waals surface area contributed by atoms with E-state index < -0.39 is 5.97 Å². The molecule has 4 heteroatoms. The average molecular weight is 341 g/mol. The predicted octanol–water partition coefficient (Wildman–Crippen LogP) is 5.15. The minimum atomic E-state index is -1.19. The normalized spacial score (nSPS) is 11.4. The number of phenols is 1.